The van der Waals surface area contributed by atoms with E-state index in [-0.39, 0.29) is 25.7 Å². The Balaban J connectivity index is 5.24. The number of phosphoric ester groups is 2. The average Bonchev–Trinajstić information content (AvgIpc) is 3.61. The van der Waals surface area contributed by atoms with Crippen LogP contribution < -0.4 is 0 Å². The molecule has 19 heteroatoms. The minimum absolute atomic E-state index is 0.105. The number of aliphatic hydroxyl groups excluding tert-OH is 1. The monoisotopic (exact) mass is 1310 g/mol. The van der Waals surface area contributed by atoms with Gasteiger partial charge < -0.3 is 33.8 Å². The van der Waals surface area contributed by atoms with Gasteiger partial charge in [-0.1, -0.05) is 293 Å². The number of hydrogen-bond donors (Lipinski definition) is 3. The van der Waals surface area contributed by atoms with Gasteiger partial charge in [0.05, 0.1) is 26.4 Å². The summed E-state index contributed by atoms with van der Waals surface area (Å²) in [7, 11) is -9.90. The summed E-state index contributed by atoms with van der Waals surface area (Å²) in [6.45, 7) is 14.0. The Hall–Kier alpha value is -1.94. The van der Waals surface area contributed by atoms with Crippen LogP contribution in [0.15, 0.2) is 0 Å². The van der Waals surface area contributed by atoms with Crippen molar-refractivity contribution >= 4 is 39.5 Å². The van der Waals surface area contributed by atoms with Crippen LogP contribution >= 0.6 is 15.6 Å². The van der Waals surface area contributed by atoms with Gasteiger partial charge in [0.25, 0.3) is 0 Å². The van der Waals surface area contributed by atoms with Crippen molar-refractivity contribution in [2.24, 2.45) is 23.7 Å². The van der Waals surface area contributed by atoms with E-state index in [9.17, 15) is 43.2 Å². The van der Waals surface area contributed by atoms with Crippen LogP contribution in [0.4, 0.5) is 0 Å². The molecule has 0 radical (unpaired) electrons. The van der Waals surface area contributed by atoms with Crippen LogP contribution in [0.3, 0.4) is 0 Å². The first-order valence-corrected chi connectivity index (χ1v) is 39.2. The maximum Gasteiger partial charge on any atom is 0.472 e. The molecule has 3 N–H and O–H groups in total. The highest BCUT2D eigenvalue weighted by molar-refractivity contribution is 7.47. The summed E-state index contributed by atoms with van der Waals surface area (Å²) in [6, 6.07) is 0. The SMILES string of the molecule is CC(C)CCCCCCCCCCCCCCC(=O)O[C@H](COC(=O)CCCCCCCCC(C)C)COP(=O)(O)OC[C@H](O)COP(=O)(O)OC[C@@H](COC(=O)CCCCCCCCCCC(C)C)OC(=O)CCCCCCCCCCCCCC(C)C. The Morgan fingerprint density at radius 3 is 0.697 bits per heavy atom. The zero-order chi connectivity index (χ0) is 66.1. The number of unbranched alkanes of at least 4 members (excludes halogenated alkanes) is 33. The van der Waals surface area contributed by atoms with Crippen molar-refractivity contribution in [3.63, 3.8) is 0 Å². The average molecular weight is 1310 g/mol. The van der Waals surface area contributed by atoms with E-state index in [0.29, 0.717) is 31.6 Å². The Morgan fingerprint density at radius 2 is 0.472 bits per heavy atom. The van der Waals surface area contributed by atoms with E-state index < -0.39 is 97.5 Å². The lowest BCUT2D eigenvalue weighted by atomic mass is 10.0. The number of esters is 4. The van der Waals surface area contributed by atoms with E-state index in [1.807, 2.05) is 0 Å². The van der Waals surface area contributed by atoms with E-state index in [2.05, 4.69) is 55.4 Å². The second-order valence-corrected chi connectivity index (χ2v) is 30.1. The van der Waals surface area contributed by atoms with Gasteiger partial charge >= 0.3 is 39.5 Å². The Bertz CT molecular complexity index is 1760. The summed E-state index contributed by atoms with van der Waals surface area (Å²) in [5, 5.41) is 10.6. The number of aliphatic hydroxyl groups is 1. The van der Waals surface area contributed by atoms with Crippen molar-refractivity contribution in [2.45, 2.75) is 363 Å². The predicted octanol–water partition coefficient (Wildman–Crippen LogP) is 19.7. The number of carbonyl (C=O) groups is 4. The van der Waals surface area contributed by atoms with Crippen molar-refractivity contribution in [2.75, 3.05) is 39.6 Å². The first kappa shape index (κ1) is 87.1. The fourth-order valence-corrected chi connectivity index (χ4v) is 12.1. The third-order valence-electron chi connectivity index (χ3n) is 16.1. The van der Waals surface area contributed by atoms with E-state index in [1.54, 1.807) is 0 Å². The van der Waals surface area contributed by atoms with Crippen LogP contribution in [0.1, 0.15) is 344 Å². The van der Waals surface area contributed by atoms with E-state index >= 15 is 0 Å². The molecule has 528 valence electrons. The second-order valence-electron chi connectivity index (χ2n) is 27.2. The molecule has 0 saturated carbocycles. The summed E-state index contributed by atoms with van der Waals surface area (Å²) < 4.78 is 68.3. The van der Waals surface area contributed by atoms with Crippen molar-refractivity contribution in [1.29, 1.82) is 0 Å². The highest BCUT2D eigenvalue weighted by Gasteiger charge is 2.30. The van der Waals surface area contributed by atoms with Crippen molar-refractivity contribution in [3.05, 3.63) is 0 Å². The first-order valence-electron chi connectivity index (χ1n) is 36.2. The molecular formula is C70H136O17P2. The zero-order valence-electron chi connectivity index (χ0n) is 58.1. The quantitative estimate of drug-likeness (QED) is 0.0222. The third-order valence-corrected chi connectivity index (χ3v) is 18.0. The van der Waals surface area contributed by atoms with E-state index in [4.69, 9.17) is 37.0 Å². The topological polar surface area (TPSA) is 237 Å². The van der Waals surface area contributed by atoms with Gasteiger partial charge in [0, 0.05) is 25.7 Å². The van der Waals surface area contributed by atoms with Gasteiger partial charge in [0.15, 0.2) is 12.2 Å². The molecule has 89 heavy (non-hydrogen) atoms. The van der Waals surface area contributed by atoms with Gasteiger partial charge in [-0.2, -0.15) is 0 Å². The molecule has 0 saturated heterocycles. The van der Waals surface area contributed by atoms with Crippen LogP contribution in [0, 0.1) is 23.7 Å². The maximum absolute atomic E-state index is 13.0. The summed E-state index contributed by atoms with van der Waals surface area (Å²) in [5.41, 5.74) is 0. The number of phosphoric acid groups is 2. The molecule has 0 aliphatic rings. The number of ether oxygens (including phenoxy) is 4. The molecule has 0 aliphatic carbocycles. The molecule has 2 unspecified atom stereocenters. The fraction of sp³-hybridized carbons (Fsp3) is 0.943. The van der Waals surface area contributed by atoms with Crippen LogP contribution in [-0.4, -0.2) is 96.7 Å². The van der Waals surface area contributed by atoms with E-state index in [1.165, 1.54) is 141 Å². The molecule has 17 nitrogen and oxygen atoms in total. The molecule has 0 bridgehead atoms. The van der Waals surface area contributed by atoms with Gasteiger partial charge in [-0.05, 0) is 49.4 Å². The number of carbonyl (C=O) groups excluding carboxylic acids is 4. The normalized spacial score (nSPS) is 14.3. The maximum atomic E-state index is 13.0. The minimum atomic E-state index is -4.95. The summed E-state index contributed by atoms with van der Waals surface area (Å²) in [5.74, 6) is 0.817. The lowest BCUT2D eigenvalue weighted by Crippen LogP contribution is -2.30. The van der Waals surface area contributed by atoms with Gasteiger partial charge in [-0.3, -0.25) is 37.3 Å². The predicted molar refractivity (Wildman–Crippen MR) is 358 cm³/mol. The lowest BCUT2D eigenvalue weighted by molar-refractivity contribution is -0.161. The molecule has 0 aromatic carbocycles. The number of rotatable bonds is 67. The van der Waals surface area contributed by atoms with E-state index in [0.717, 1.165) is 114 Å². The minimum Gasteiger partial charge on any atom is -0.462 e. The highest BCUT2D eigenvalue weighted by Crippen LogP contribution is 2.45. The summed E-state index contributed by atoms with van der Waals surface area (Å²) in [4.78, 5) is 72.5. The van der Waals surface area contributed by atoms with Crippen molar-refractivity contribution in [1.82, 2.24) is 0 Å². The molecule has 0 aromatic rings. The smallest absolute Gasteiger partial charge is 0.462 e. The lowest BCUT2D eigenvalue weighted by Gasteiger charge is -2.21. The Morgan fingerprint density at radius 1 is 0.281 bits per heavy atom. The Labute approximate surface area is 543 Å². The summed E-state index contributed by atoms with van der Waals surface area (Å²) in [6.07, 6.45) is 41.8. The molecule has 0 amide bonds. The van der Waals surface area contributed by atoms with Gasteiger partial charge in [-0.15, -0.1) is 0 Å². The van der Waals surface area contributed by atoms with Crippen LogP contribution in [0.2, 0.25) is 0 Å². The van der Waals surface area contributed by atoms with Crippen molar-refractivity contribution < 1.29 is 80.2 Å². The molecule has 0 aliphatic heterocycles. The van der Waals surface area contributed by atoms with Crippen molar-refractivity contribution in [3.8, 4) is 0 Å². The zero-order valence-corrected chi connectivity index (χ0v) is 59.8. The first-order chi connectivity index (χ1) is 42.6. The molecule has 0 heterocycles. The molecule has 5 atom stereocenters. The van der Waals surface area contributed by atoms with Crippen LogP contribution in [0.25, 0.3) is 0 Å². The Kier molecular flexibility index (Phi) is 58.5. The summed E-state index contributed by atoms with van der Waals surface area (Å²) >= 11 is 0. The molecular weight excluding hydrogens is 1170 g/mol. The van der Waals surface area contributed by atoms with Gasteiger partial charge in [-0.25, -0.2) is 9.13 Å². The molecule has 0 rings (SSSR count). The third kappa shape index (κ3) is 64.6. The van der Waals surface area contributed by atoms with Crippen LogP contribution in [-0.2, 0) is 65.4 Å². The molecule has 0 fully saturated rings. The van der Waals surface area contributed by atoms with Gasteiger partial charge in [0.2, 0.25) is 0 Å². The highest BCUT2D eigenvalue weighted by atomic mass is 31.2. The van der Waals surface area contributed by atoms with Gasteiger partial charge in [0.1, 0.15) is 19.3 Å². The molecule has 0 spiro atoms. The van der Waals surface area contributed by atoms with Crippen LogP contribution in [0.5, 0.6) is 0 Å². The largest absolute Gasteiger partial charge is 0.472 e. The fourth-order valence-electron chi connectivity index (χ4n) is 10.5. The standard InChI is InChI=1S/C70H136O17P2/c1-60(2)46-38-30-22-16-12-9-10-14-18-26-36-44-52-69(74)87-66(57-81-68(73)51-43-35-29-28-33-41-49-63(7)8)59-85-89(78,79)83-55-64(71)54-82-88(76,77)84-58-65(56-80-67(72)50-42-34-25-21-20-24-32-40-48-62(5)6)86-70(75)53-45-37-27-19-15-11-13-17-23-31-39-47-61(3)4/h60-66,71H,9-59H2,1-8H3,(H,76,77)(H,78,79)/t64-,65-,66-/m1/s1. The molecule has 0 aromatic heterocycles. The number of hydrogen-bond acceptors (Lipinski definition) is 15. The second kappa shape index (κ2) is 59.8.